The summed E-state index contributed by atoms with van der Waals surface area (Å²) in [5.41, 5.74) is 4.13. The van der Waals surface area contributed by atoms with Gasteiger partial charge in [0.2, 0.25) is 0 Å². The first kappa shape index (κ1) is 14.2. The lowest BCUT2D eigenvalue weighted by molar-refractivity contribution is 0.486. The van der Waals surface area contributed by atoms with Gasteiger partial charge in [-0.25, -0.2) is 0 Å². The average molecular weight is 283 g/mol. The molecule has 0 aliphatic carbocycles. The predicted octanol–water partition coefficient (Wildman–Crippen LogP) is 2.08. The molecular weight excluding hydrogens is 262 g/mol. The Labute approximate surface area is 118 Å². The van der Waals surface area contributed by atoms with E-state index in [0.717, 1.165) is 12.1 Å². The van der Waals surface area contributed by atoms with Crippen LogP contribution in [0.2, 0.25) is 0 Å². The number of hydrazine groups is 1. The molecule has 0 aromatic carbocycles. The highest BCUT2D eigenvalue weighted by Gasteiger charge is 2.31. The number of nitrogens with zero attached hydrogens (tertiary/aromatic N) is 1. The highest BCUT2D eigenvalue weighted by atomic mass is 32.2. The van der Waals surface area contributed by atoms with Gasteiger partial charge in [0.05, 0.1) is 0 Å². The number of pyridine rings is 1. The number of thioether (sulfide) groups is 2. The fraction of sp³-hybridized carbons (Fsp3) is 0.615. The molecule has 1 aliphatic heterocycles. The maximum Gasteiger partial charge on any atom is 0.0420 e. The number of nitrogens with one attached hydrogen (secondary N) is 1. The molecule has 3 atom stereocenters. The highest BCUT2D eigenvalue weighted by molar-refractivity contribution is 8.07. The van der Waals surface area contributed by atoms with Gasteiger partial charge in [0, 0.05) is 46.4 Å². The van der Waals surface area contributed by atoms with E-state index in [4.69, 9.17) is 5.84 Å². The van der Waals surface area contributed by atoms with Crippen molar-refractivity contribution in [2.45, 2.75) is 36.3 Å². The number of nitrogens with two attached hydrogens (primary N) is 1. The summed E-state index contributed by atoms with van der Waals surface area (Å²) >= 11 is 4.15. The van der Waals surface area contributed by atoms with Gasteiger partial charge >= 0.3 is 0 Å². The van der Waals surface area contributed by atoms with Crippen LogP contribution in [0.1, 0.15) is 19.0 Å². The summed E-state index contributed by atoms with van der Waals surface area (Å²) in [6, 6.07) is 6.37. The van der Waals surface area contributed by atoms with Crippen LogP contribution in [0.5, 0.6) is 0 Å². The summed E-state index contributed by atoms with van der Waals surface area (Å²) in [5, 5.41) is 1.29. The number of hydrogen-bond donors (Lipinski definition) is 2. The molecular formula is C13H21N3S2. The summed E-state index contributed by atoms with van der Waals surface area (Å²) < 4.78 is 0. The van der Waals surface area contributed by atoms with Gasteiger partial charge < -0.3 is 0 Å². The standard InChI is InChI=1S/C13H21N3S2/c1-2-12-13(18-8-7-17-12)11(16-14)9-10-5-3-4-6-15-10/h3-6,11-13,16H,2,7-9,14H2,1H3. The molecule has 5 heteroatoms. The van der Waals surface area contributed by atoms with Crippen LogP contribution in [-0.2, 0) is 6.42 Å². The molecule has 1 fully saturated rings. The minimum Gasteiger partial charge on any atom is -0.271 e. The molecule has 2 heterocycles. The smallest absolute Gasteiger partial charge is 0.0420 e. The van der Waals surface area contributed by atoms with Gasteiger partial charge in [0.15, 0.2) is 0 Å². The van der Waals surface area contributed by atoms with Crippen LogP contribution >= 0.6 is 23.5 Å². The maximum absolute atomic E-state index is 5.77. The van der Waals surface area contributed by atoms with E-state index in [9.17, 15) is 0 Å². The van der Waals surface area contributed by atoms with Crippen molar-refractivity contribution in [3.63, 3.8) is 0 Å². The second-order valence-corrected chi connectivity index (χ2v) is 7.08. The van der Waals surface area contributed by atoms with E-state index in [0.29, 0.717) is 16.5 Å². The third-order valence-electron chi connectivity index (χ3n) is 3.26. The lowest BCUT2D eigenvalue weighted by Crippen LogP contribution is -2.49. The second-order valence-electron chi connectivity index (χ2n) is 4.45. The van der Waals surface area contributed by atoms with Crippen LogP contribution in [0.25, 0.3) is 0 Å². The molecule has 3 unspecified atom stereocenters. The Balaban J connectivity index is 2.03. The van der Waals surface area contributed by atoms with Crippen LogP contribution in [0.15, 0.2) is 24.4 Å². The number of rotatable bonds is 5. The molecule has 1 saturated heterocycles. The summed E-state index contributed by atoms with van der Waals surface area (Å²) in [6.45, 7) is 2.27. The van der Waals surface area contributed by atoms with E-state index in [1.54, 1.807) is 0 Å². The Morgan fingerprint density at radius 3 is 2.94 bits per heavy atom. The third-order valence-corrected chi connectivity index (χ3v) is 6.67. The van der Waals surface area contributed by atoms with Gasteiger partial charge in [-0.2, -0.15) is 23.5 Å². The zero-order valence-corrected chi connectivity index (χ0v) is 12.3. The minimum atomic E-state index is 0.308. The zero-order valence-electron chi connectivity index (χ0n) is 10.7. The largest absolute Gasteiger partial charge is 0.271 e. The van der Waals surface area contributed by atoms with Gasteiger partial charge in [-0.3, -0.25) is 16.3 Å². The molecule has 3 N–H and O–H groups in total. The lowest BCUT2D eigenvalue weighted by Gasteiger charge is -2.35. The summed E-state index contributed by atoms with van der Waals surface area (Å²) in [7, 11) is 0. The molecule has 0 spiro atoms. The molecule has 3 nitrogen and oxygen atoms in total. The van der Waals surface area contributed by atoms with E-state index < -0.39 is 0 Å². The maximum atomic E-state index is 5.77. The molecule has 0 bridgehead atoms. The summed E-state index contributed by atoms with van der Waals surface area (Å²) in [6.07, 6.45) is 3.97. The van der Waals surface area contributed by atoms with E-state index in [-0.39, 0.29) is 0 Å². The predicted molar refractivity (Wildman–Crippen MR) is 81.8 cm³/mol. The molecule has 2 rings (SSSR count). The van der Waals surface area contributed by atoms with Crippen molar-refractivity contribution < 1.29 is 0 Å². The fourth-order valence-electron chi connectivity index (χ4n) is 2.33. The topological polar surface area (TPSA) is 50.9 Å². The Kier molecular flexibility index (Phi) is 5.82. The first-order valence-electron chi connectivity index (χ1n) is 6.44. The monoisotopic (exact) mass is 283 g/mol. The molecule has 0 saturated carbocycles. The highest BCUT2D eigenvalue weighted by Crippen LogP contribution is 2.35. The van der Waals surface area contributed by atoms with Crippen LogP contribution in [0, 0.1) is 0 Å². The van der Waals surface area contributed by atoms with Crippen molar-refractivity contribution in [3.05, 3.63) is 30.1 Å². The zero-order chi connectivity index (χ0) is 12.8. The van der Waals surface area contributed by atoms with Gasteiger partial charge in [0.1, 0.15) is 0 Å². The Hall–Kier alpha value is -0.230. The van der Waals surface area contributed by atoms with Crippen molar-refractivity contribution in [1.82, 2.24) is 10.4 Å². The number of hydrogen-bond acceptors (Lipinski definition) is 5. The first-order valence-corrected chi connectivity index (χ1v) is 8.54. The molecule has 0 amide bonds. The van der Waals surface area contributed by atoms with Gasteiger partial charge in [-0.1, -0.05) is 13.0 Å². The van der Waals surface area contributed by atoms with Crippen LogP contribution < -0.4 is 11.3 Å². The van der Waals surface area contributed by atoms with Crippen LogP contribution in [0.4, 0.5) is 0 Å². The number of aromatic nitrogens is 1. The third kappa shape index (κ3) is 3.63. The minimum absolute atomic E-state index is 0.308. The van der Waals surface area contributed by atoms with Gasteiger partial charge in [-0.05, 0) is 18.6 Å². The molecule has 1 aliphatic rings. The van der Waals surface area contributed by atoms with Crippen molar-refractivity contribution in [1.29, 1.82) is 0 Å². The SMILES string of the molecule is CCC1SCCSC1C(Cc1ccccn1)NN. The molecule has 1 aromatic rings. The summed E-state index contributed by atoms with van der Waals surface area (Å²) in [4.78, 5) is 4.40. The van der Waals surface area contributed by atoms with E-state index >= 15 is 0 Å². The van der Waals surface area contributed by atoms with Crippen molar-refractivity contribution >= 4 is 23.5 Å². The molecule has 1 aromatic heterocycles. The van der Waals surface area contributed by atoms with Crippen molar-refractivity contribution in [2.75, 3.05) is 11.5 Å². The van der Waals surface area contributed by atoms with Crippen LogP contribution in [0.3, 0.4) is 0 Å². The van der Waals surface area contributed by atoms with Crippen molar-refractivity contribution in [2.24, 2.45) is 5.84 Å². The lowest BCUT2D eigenvalue weighted by atomic mass is 10.0. The summed E-state index contributed by atoms with van der Waals surface area (Å²) in [5.74, 6) is 8.26. The van der Waals surface area contributed by atoms with E-state index in [1.165, 1.54) is 17.9 Å². The fourth-order valence-corrected chi connectivity index (χ4v) is 5.57. The first-order chi connectivity index (χ1) is 8.85. The Morgan fingerprint density at radius 2 is 2.28 bits per heavy atom. The normalized spacial score (nSPS) is 25.9. The second kappa shape index (κ2) is 7.38. The Morgan fingerprint density at radius 1 is 1.44 bits per heavy atom. The van der Waals surface area contributed by atoms with Crippen LogP contribution in [-0.4, -0.2) is 33.0 Å². The van der Waals surface area contributed by atoms with Gasteiger partial charge in [0.25, 0.3) is 0 Å². The molecule has 100 valence electrons. The van der Waals surface area contributed by atoms with Gasteiger partial charge in [-0.15, -0.1) is 0 Å². The van der Waals surface area contributed by atoms with E-state index in [2.05, 4.69) is 46.9 Å². The average Bonchev–Trinajstić information content (AvgIpc) is 2.46. The van der Waals surface area contributed by atoms with Crippen molar-refractivity contribution in [3.8, 4) is 0 Å². The quantitative estimate of drug-likeness (QED) is 0.640. The molecule has 0 radical (unpaired) electrons. The Bertz CT molecular complexity index is 347. The molecule has 18 heavy (non-hydrogen) atoms. The van der Waals surface area contributed by atoms with E-state index in [1.807, 2.05) is 18.3 Å².